The number of amides is 4. The Balaban J connectivity index is 1.44. The molecule has 2 saturated heterocycles. The van der Waals surface area contributed by atoms with Crippen LogP contribution in [0.15, 0.2) is 60.2 Å². The maximum atomic E-state index is 13.4. The Hall–Kier alpha value is -3.54. The molecule has 2 fully saturated rings. The van der Waals surface area contributed by atoms with Crippen LogP contribution in [-0.4, -0.2) is 23.6 Å². The van der Waals surface area contributed by atoms with Crippen LogP contribution < -0.4 is 9.80 Å². The second-order valence-electron chi connectivity index (χ2n) is 9.36. The molecule has 33 heavy (non-hydrogen) atoms. The number of aryl methyl sites for hydroxylation is 2. The summed E-state index contributed by atoms with van der Waals surface area (Å²) in [5, 5.41) is 0. The minimum absolute atomic E-state index is 0.114. The topological polar surface area (TPSA) is 74.8 Å². The fourth-order valence-electron chi connectivity index (χ4n) is 5.67. The van der Waals surface area contributed by atoms with Crippen molar-refractivity contribution >= 4 is 35.0 Å². The average Bonchev–Trinajstić information content (AvgIpc) is 3.22. The van der Waals surface area contributed by atoms with Gasteiger partial charge in [0.15, 0.2) is 0 Å². The van der Waals surface area contributed by atoms with E-state index in [-0.39, 0.29) is 36.0 Å². The lowest BCUT2D eigenvalue weighted by Gasteiger charge is -2.30. The number of carbonyl (C=O) groups excluding carboxylic acids is 4. The summed E-state index contributed by atoms with van der Waals surface area (Å²) in [6, 6.07) is 14.7. The van der Waals surface area contributed by atoms with Crippen LogP contribution in [-0.2, 0) is 19.2 Å². The van der Waals surface area contributed by atoms with Crippen molar-refractivity contribution in [1.29, 1.82) is 0 Å². The maximum Gasteiger partial charge on any atom is 0.241 e. The molecule has 0 spiro atoms. The van der Waals surface area contributed by atoms with Crippen LogP contribution in [0.3, 0.4) is 0 Å². The maximum absolute atomic E-state index is 13.4. The summed E-state index contributed by atoms with van der Waals surface area (Å²) in [4.78, 5) is 55.5. The van der Waals surface area contributed by atoms with Crippen LogP contribution in [0.4, 0.5) is 11.4 Å². The third kappa shape index (κ3) is 3.24. The number of imide groups is 2. The summed E-state index contributed by atoms with van der Waals surface area (Å²) in [7, 11) is 0. The van der Waals surface area contributed by atoms with Crippen molar-refractivity contribution in [3.63, 3.8) is 0 Å². The zero-order valence-electron chi connectivity index (χ0n) is 18.9. The molecule has 2 aromatic carbocycles. The van der Waals surface area contributed by atoms with Crippen LogP contribution >= 0.6 is 0 Å². The first-order valence-electron chi connectivity index (χ1n) is 11.3. The van der Waals surface area contributed by atoms with E-state index in [9.17, 15) is 19.2 Å². The van der Waals surface area contributed by atoms with Gasteiger partial charge in [0.25, 0.3) is 0 Å². The van der Waals surface area contributed by atoms with Gasteiger partial charge in [0.2, 0.25) is 23.6 Å². The molecule has 0 bridgehead atoms. The normalized spacial score (nSPS) is 27.3. The van der Waals surface area contributed by atoms with Crippen molar-refractivity contribution in [2.75, 3.05) is 9.80 Å². The molecule has 0 unspecified atom stereocenters. The number of nitrogens with zero attached hydrogens (tertiary/aromatic N) is 2. The first-order valence-corrected chi connectivity index (χ1v) is 11.3. The zero-order valence-corrected chi connectivity index (χ0v) is 18.9. The molecule has 6 heteroatoms. The summed E-state index contributed by atoms with van der Waals surface area (Å²) in [5.41, 5.74) is 3.76. The summed E-state index contributed by atoms with van der Waals surface area (Å²) in [5.74, 6) is -2.67. The van der Waals surface area contributed by atoms with E-state index in [0.29, 0.717) is 17.8 Å². The summed E-state index contributed by atoms with van der Waals surface area (Å²) >= 11 is 0. The van der Waals surface area contributed by atoms with E-state index in [1.165, 1.54) is 9.80 Å². The van der Waals surface area contributed by atoms with Crippen LogP contribution in [0, 0.1) is 37.5 Å². The minimum Gasteiger partial charge on any atom is -0.274 e. The largest absolute Gasteiger partial charge is 0.274 e. The van der Waals surface area contributed by atoms with E-state index in [0.717, 1.165) is 16.7 Å². The molecule has 5 rings (SSSR count). The van der Waals surface area contributed by atoms with Gasteiger partial charge in [-0.1, -0.05) is 48.0 Å². The molecule has 2 heterocycles. The molecule has 0 N–H and O–H groups in total. The predicted molar refractivity (Wildman–Crippen MR) is 124 cm³/mol. The van der Waals surface area contributed by atoms with Gasteiger partial charge in [-0.25, -0.2) is 4.90 Å². The number of benzene rings is 2. The molecule has 0 aromatic heterocycles. The number of hydrogen-bond acceptors (Lipinski definition) is 4. The minimum atomic E-state index is -0.525. The number of hydrogen-bond donors (Lipinski definition) is 0. The molecule has 0 saturated carbocycles. The number of rotatable bonds is 3. The van der Waals surface area contributed by atoms with Gasteiger partial charge >= 0.3 is 0 Å². The van der Waals surface area contributed by atoms with E-state index >= 15 is 0 Å². The number of allylic oxidation sites excluding steroid dienone is 1. The highest BCUT2D eigenvalue weighted by atomic mass is 16.2. The standard InChI is InChI=1S/C27H26N2O4/c1-15-8-4-6-10-21(15)28-23(30)14-19(25(28)31)18-12-17(3)24-20(13-18)26(32)29(27(24)33)22-11-7-5-9-16(22)2/h4-12,18-20,24H,13-14H2,1-3H3/t18-,19-,20-,24+/m0/s1. The summed E-state index contributed by atoms with van der Waals surface area (Å²) in [6.07, 6.45) is 2.45. The SMILES string of the molecule is CC1=C[C@H]([C@@H]2CC(=O)N(c3ccccc3C)C2=O)C[C@@H]2C(=O)N(c3ccccc3C)C(=O)[C@H]12. The Bertz CT molecular complexity index is 1230. The smallest absolute Gasteiger partial charge is 0.241 e. The second kappa shape index (κ2) is 7.80. The van der Waals surface area contributed by atoms with Gasteiger partial charge in [-0.15, -0.1) is 0 Å². The fourth-order valence-corrected chi connectivity index (χ4v) is 5.67. The predicted octanol–water partition coefficient (Wildman–Crippen LogP) is 3.95. The number of carbonyl (C=O) groups is 4. The third-order valence-corrected chi connectivity index (χ3v) is 7.33. The number of anilines is 2. The molecule has 168 valence electrons. The van der Waals surface area contributed by atoms with Crippen LogP contribution in [0.5, 0.6) is 0 Å². The van der Waals surface area contributed by atoms with Crippen LogP contribution in [0.2, 0.25) is 0 Å². The molecule has 0 radical (unpaired) electrons. The molecular formula is C27H26N2O4. The third-order valence-electron chi connectivity index (χ3n) is 7.33. The van der Waals surface area contributed by atoms with Crippen molar-refractivity contribution in [2.45, 2.75) is 33.6 Å². The van der Waals surface area contributed by atoms with Gasteiger partial charge in [0.05, 0.1) is 29.1 Å². The molecule has 2 aliphatic heterocycles. The highest BCUT2D eigenvalue weighted by molar-refractivity contribution is 6.24. The molecule has 2 aromatic rings. The highest BCUT2D eigenvalue weighted by Gasteiger charge is 2.54. The average molecular weight is 443 g/mol. The van der Waals surface area contributed by atoms with E-state index in [1.807, 2.05) is 63.2 Å². The summed E-state index contributed by atoms with van der Waals surface area (Å²) < 4.78 is 0. The number of fused-ring (bicyclic) bond motifs is 1. The van der Waals surface area contributed by atoms with Gasteiger partial charge in [-0.3, -0.25) is 24.1 Å². The van der Waals surface area contributed by atoms with E-state index in [4.69, 9.17) is 0 Å². The van der Waals surface area contributed by atoms with E-state index < -0.39 is 17.8 Å². The molecule has 3 aliphatic rings. The van der Waals surface area contributed by atoms with Crippen molar-refractivity contribution in [3.8, 4) is 0 Å². The molecule has 6 nitrogen and oxygen atoms in total. The van der Waals surface area contributed by atoms with Gasteiger partial charge in [-0.05, 0) is 56.4 Å². The monoisotopic (exact) mass is 442 g/mol. The molecule has 4 atom stereocenters. The lowest BCUT2D eigenvalue weighted by atomic mass is 9.71. The first-order chi connectivity index (χ1) is 15.8. The van der Waals surface area contributed by atoms with Crippen molar-refractivity contribution in [3.05, 3.63) is 71.3 Å². The van der Waals surface area contributed by atoms with Crippen molar-refractivity contribution in [2.24, 2.45) is 23.7 Å². The van der Waals surface area contributed by atoms with Crippen LogP contribution in [0.25, 0.3) is 0 Å². The Morgan fingerprint density at radius 2 is 1.24 bits per heavy atom. The summed E-state index contributed by atoms with van der Waals surface area (Å²) in [6.45, 7) is 5.62. The quantitative estimate of drug-likeness (QED) is 0.533. The van der Waals surface area contributed by atoms with Gasteiger partial charge in [-0.2, -0.15) is 0 Å². The van der Waals surface area contributed by atoms with Crippen molar-refractivity contribution < 1.29 is 19.2 Å². The van der Waals surface area contributed by atoms with Gasteiger partial charge in [0, 0.05) is 6.42 Å². The molecule has 1 aliphatic carbocycles. The van der Waals surface area contributed by atoms with E-state index in [2.05, 4.69) is 0 Å². The van der Waals surface area contributed by atoms with Crippen molar-refractivity contribution in [1.82, 2.24) is 0 Å². The lowest BCUT2D eigenvalue weighted by Crippen LogP contribution is -2.35. The van der Waals surface area contributed by atoms with Crippen LogP contribution in [0.1, 0.15) is 30.9 Å². The molecule has 4 amide bonds. The van der Waals surface area contributed by atoms with Gasteiger partial charge in [0.1, 0.15) is 0 Å². The Labute approximate surface area is 192 Å². The lowest BCUT2D eigenvalue weighted by molar-refractivity contribution is -0.125. The number of para-hydroxylation sites is 2. The first kappa shape index (κ1) is 21.3. The highest BCUT2D eigenvalue weighted by Crippen LogP contribution is 2.46. The van der Waals surface area contributed by atoms with E-state index in [1.54, 1.807) is 12.1 Å². The Kier molecular flexibility index (Phi) is 5.04. The molecular weight excluding hydrogens is 416 g/mol. The Morgan fingerprint density at radius 1 is 0.697 bits per heavy atom. The zero-order chi connectivity index (χ0) is 23.4. The van der Waals surface area contributed by atoms with Gasteiger partial charge < -0.3 is 0 Å². The Morgan fingerprint density at radius 3 is 1.85 bits per heavy atom. The second-order valence-corrected chi connectivity index (χ2v) is 9.36. The fraction of sp³-hybridized carbons (Fsp3) is 0.333.